The standard InChI is InChI=1S/C27H36N8O3/c1-16(2)13-34(4)27-32-25(31-26(33-27)30-21-12-18(24(28)38)9-8-17(21)3)29-20-10-11-35(15-20)14-19-6-5-7-22(36)23(19)37/h5-9,12,16,20,36-37H,10-11,13-15H2,1-4H3,(H2,28,38)(H2,29,30,31,32,33)/t20-/m0/s1. The summed E-state index contributed by atoms with van der Waals surface area (Å²) in [4.78, 5) is 29.8. The highest BCUT2D eigenvalue weighted by Gasteiger charge is 2.25. The molecule has 0 spiro atoms. The zero-order valence-electron chi connectivity index (χ0n) is 22.3. The van der Waals surface area contributed by atoms with Gasteiger partial charge in [-0.15, -0.1) is 0 Å². The number of carbonyl (C=O) groups is 1. The fraction of sp³-hybridized carbons (Fsp3) is 0.407. The molecule has 1 saturated heterocycles. The summed E-state index contributed by atoms with van der Waals surface area (Å²) in [5.74, 6) is 1.05. The maximum Gasteiger partial charge on any atom is 0.248 e. The van der Waals surface area contributed by atoms with Crippen LogP contribution in [0.3, 0.4) is 0 Å². The van der Waals surface area contributed by atoms with Crippen LogP contribution in [0.4, 0.5) is 23.5 Å². The van der Waals surface area contributed by atoms with Gasteiger partial charge in [-0.25, -0.2) is 0 Å². The van der Waals surface area contributed by atoms with Gasteiger partial charge in [0.05, 0.1) is 0 Å². The fourth-order valence-corrected chi connectivity index (χ4v) is 4.54. The molecular formula is C27H36N8O3. The highest BCUT2D eigenvalue weighted by atomic mass is 16.3. The number of nitrogens with zero attached hydrogens (tertiary/aromatic N) is 5. The smallest absolute Gasteiger partial charge is 0.248 e. The summed E-state index contributed by atoms with van der Waals surface area (Å²) in [5, 5.41) is 26.6. The average molecular weight is 521 g/mol. The number of phenolic OH excluding ortho intramolecular Hbond substituents is 2. The Labute approximate surface area is 222 Å². The molecule has 2 heterocycles. The number of amides is 1. The fourth-order valence-electron chi connectivity index (χ4n) is 4.54. The van der Waals surface area contributed by atoms with Gasteiger partial charge in [0.25, 0.3) is 0 Å². The van der Waals surface area contributed by atoms with Crippen molar-refractivity contribution in [1.82, 2.24) is 19.9 Å². The average Bonchev–Trinajstić information content (AvgIpc) is 3.29. The molecule has 1 aliphatic rings. The number of primary amides is 1. The highest BCUT2D eigenvalue weighted by Crippen LogP contribution is 2.30. The predicted octanol–water partition coefficient (Wildman–Crippen LogP) is 3.21. The molecule has 0 saturated carbocycles. The number of aromatic hydroxyl groups is 2. The normalized spacial score (nSPS) is 15.6. The monoisotopic (exact) mass is 520 g/mol. The van der Waals surface area contributed by atoms with Crippen LogP contribution in [0.15, 0.2) is 36.4 Å². The van der Waals surface area contributed by atoms with Crippen LogP contribution in [0, 0.1) is 12.8 Å². The second-order valence-electron chi connectivity index (χ2n) is 10.2. The first-order chi connectivity index (χ1) is 18.1. The van der Waals surface area contributed by atoms with E-state index in [-0.39, 0.29) is 17.5 Å². The molecule has 1 amide bonds. The quantitative estimate of drug-likeness (QED) is 0.252. The third kappa shape index (κ3) is 6.60. The summed E-state index contributed by atoms with van der Waals surface area (Å²) in [6, 6.07) is 10.3. The Hall–Kier alpha value is -4.12. The van der Waals surface area contributed by atoms with Crippen molar-refractivity contribution in [3.63, 3.8) is 0 Å². The van der Waals surface area contributed by atoms with Crippen molar-refractivity contribution in [2.24, 2.45) is 11.7 Å². The van der Waals surface area contributed by atoms with Gasteiger partial charge < -0.3 is 31.5 Å². The third-order valence-corrected chi connectivity index (χ3v) is 6.47. The number of hydrogen-bond acceptors (Lipinski definition) is 10. The largest absolute Gasteiger partial charge is 0.504 e. The summed E-state index contributed by atoms with van der Waals surface area (Å²) in [6.07, 6.45) is 0.866. The Kier molecular flexibility index (Phi) is 8.16. The lowest BCUT2D eigenvalue weighted by Crippen LogP contribution is -2.28. The predicted molar refractivity (Wildman–Crippen MR) is 148 cm³/mol. The lowest BCUT2D eigenvalue weighted by atomic mass is 10.1. The minimum Gasteiger partial charge on any atom is -0.504 e. The van der Waals surface area contributed by atoms with Crippen LogP contribution in [-0.2, 0) is 6.54 Å². The zero-order chi connectivity index (χ0) is 27.4. The number of para-hydroxylation sites is 1. The van der Waals surface area contributed by atoms with Crippen LogP contribution >= 0.6 is 0 Å². The number of aromatic nitrogens is 3. The molecule has 0 unspecified atom stereocenters. The molecule has 0 radical (unpaired) electrons. The van der Waals surface area contributed by atoms with E-state index in [2.05, 4.69) is 44.3 Å². The van der Waals surface area contributed by atoms with Gasteiger partial charge >= 0.3 is 0 Å². The molecule has 1 fully saturated rings. The summed E-state index contributed by atoms with van der Waals surface area (Å²) in [7, 11) is 1.95. The molecule has 1 aliphatic heterocycles. The molecular weight excluding hydrogens is 484 g/mol. The number of aryl methyl sites for hydroxylation is 1. The lowest BCUT2D eigenvalue weighted by molar-refractivity contribution is 0.100. The Morgan fingerprint density at radius 3 is 2.68 bits per heavy atom. The van der Waals surface area contributed by atoms with Gasteiger partial charge in [0.2, 0.25) is 23.8 Å². The van der Waals surface area contributed by atoms with E-state index in [1.165, 1.54) is 6.07 Å². The number of carbonyl (C=O) groups excluding carboxylic acids is 1. The van der Waals surface area contributed by atoms with Crippen LogP contribution in [0.5, 0.6) is 11.5 Å². The molecule has 1 aromatic heterocycles. The van der Waals surface area contributed by atoms with Gasteiger partial charge in [-0.3, -0.25) is 9.69 Å². The van der Waals surface area contributed by atoms with Crippen LogP contribution in [-0.4, -0.2) is 68.7 Å². The first-order valence-corrected chi connectivity index (χ1v) is 12.7. The number of anilines is 4. The van der Waals surface area contributed by atoms with Crippen LogP contribution in [0.2, 0.25) is 0 Å². The Morgan fingerprint density at radius 2 is 1.95 bits per heavy atom. The van der Waals surface area contributed by atoms with E-state index in [0.717, 1.165) is 31.6 Å². The second-order valence-corrected chi connectivity index (χ2v) is 10.2. The van der Waals surface area contributed by atoms with Crippen molar-refractivity contribution in [1.29, 1.82) is 0 Å². The molecule has 6 N–H and O–H groups in total. The number of rotatable bonds is 10. The van der Waals surface area contributed by atoms with Crippen molar-refractivity contribution in [2.75, 3.05) is 42.2 Å². The first kappa shape index (κ1) is 26.9. The summed E-state index contributed by atoms with van der Waals surface area (Å²) in [6.45, 7) is 9.03. The van der Waals surface area contributed by atoms with E-state index in [0.29, 0.717) is 47.1 Å². The van der Waals surface area contributed by atoms with E-state index in [9.17, 15) is 15.0 Å². The number of nitrogens with two attached hydrogens (primary N) is 1. The lowest BCUT2D eigenvalue weighted by Gasteiger charge is -2.22. The van der Waals surface area contributed by atoms with Gasteiger partial charge in [0.1, 0.15) is 0 Å². The first-order valence-electron chi connectivity index (χ1n) is 12.7. The Bertz CT molecular complexity index is 1300. The summed E-state index contributed by atoms with van der Waals surface area (Å²) >= 11 is 0. The molecule has 11 nitrogen and oxygen atoms in total. The maximum absolute atomic E-state index is 11.7. The topological polar surface area (TPSA) is 153 Å². The molecule has 3 aromatic rings. The molecule has 2 aromatic carbocycles. The molecule has 1 atom stereocenters. The van der Waals surface area contributed by atoms with Crippen molar-refractivity contribution in [3.05, 3.63) is 53.1 Å². The number of phenols is 2. The minimum absolute atomic E-state index is 0.0781. The van der Waals surface area contributed by atoms with E-state index in [4.69, 9.17) is 5.73 Å². The number of nitrogens with one attached hydrogen (secondary N) is 2. The van der Waals surface area contributed by atoms with Crippen LogP contribution < -0.4 is 21.3 Å². The maximum atomic E-state index is 11.7. The zero-order valence-corrected chi connectivity index (χ0v) is 22.3. The summed E-state index contributed by atoms with van der Waals surface area (Å²) in [5.41, 5.74) is 8.16. The van der Waals surface area contributed by atoms with Crippen LogP contribution in [0.25, 0.3) is 0 Å². The van der Waals surface area contributed by atoms with Gasteiger partial charge in [-0.1, -0.05) is 32.0 Å². The molecule has 11 heteroatoms. The van der Waals surface area contributed by atoms with Crippen LogP contribution in [0.1, 0.15) is 41.8 Å². The second kappa shape index (κ2) is 11.5. The van der Waals surface area contributed by atoms with Crippen molar-refractivity contribution >= 4 is 29.4 Å². The van der Waals surface area contributed by atoms with Gasteiger partial charge in [0, 0.05) is 56.1 Å². The molecule has 4 rings (SSSR count). The van der Waals surface area contributed by atoms with Gasteiger partial charge in [0.15, 0.2) is 11.5 Å². The number of hydrogen-bond donors (Lipinski definition) is 5. The SMILES string of the molecule is Cc1ccc(C(N)=O)cc1Nc1nc(N[C@H]2CCN(Cc3cccc(O)c3O)C2)nc(N(C)CC(C)C)n1. The number of likely N-dealkylation sites (tertiary alicyclic amines) is 1. The molecule has 38 heavy (non-hydrogen) atoms. The molecule has 202 valence electrons. The van der Waals surface area contributed by atoms with Gasteiger partial charge in [-0.05, 0) is 43.0 Å². The van der Waals surface area contributed by atoms with E-state index in [1.807, 2.05) is 31.0 Å². The van der Waals surface area contributed by atoms with Crippen molar-refractivity contribution < 1.29 is 15.0 Å². The Morgan fingerprint density at radius 1 is 1.18 bits per heavy atom. The Balaban J connectivity index is 1.53. The van der Waals surface area contributed by atoms with E-state index < -0.39 is 5.91 Å². The third-order valence-electron chi connectivity index (χ3n) is 6.47. The van der Waals surface area contributed by atoms with Gasteiger partial charge in [-0.2, -0.15) is 15.0 Å². The van der Waals surface area contributed by atoms with Crippen molar-refractivity contribution in [2.45, 2.75) is 39.8 Å². The van der Waals surface area contributed by atoms with Crippen molar-refractivity contribution in [3.8, 4) is 11.5 Å². The number of benzene rings is 2. The van der Waals surface area contributed by atoms with E-state index in [1.54, 1.807) is 18.2 Å². The summed E-state index contributed by atoms with van der Waals surface area (Å²) < 4.78 is 0. The highest BCUT2D eigenvalue weighted by molar-refractivity contribution is 5.94. The van der Waals surface area contributed by atoms with E-state index >= 15 is 0 Å². The molecule has 0 aliphatic carbocycles. The molecule has 0 bridgehead atoms. The minimum atomic E-state index is -0.506.